The van der Waals surface area contributed by atoms with Crippen molar-refractivity contribution < 1.29 is 9.18 Å². The number of carbonyl (C=O) groups excluding carboxylic acids is 1. The molecule has 8 heteroatoms. The van der Waals surface area contributed by atoms with Crippen LogP contribution in [0.3, 0.4) is 0 Å². The third kappa shape index (κ3) is 2.82. The molecule has 0 spiro atoms. The molecule has 1 aromatic heterocycles. The van der Waals surface area contributed by atoms with Gasteiger partial charge in [0, 0.05) is 17.7 Å². The van der Waals surface area contributed by atoms with Gasteiger partial charge >= 0.3 is 5.69 Å². The van der Waals surface area contributed by atoms with Crippen molar-refractivity contribution in [1.29, 1.82) is 0 Å². The number of benzene rings is 1. The zero-order valence-electron chi connectivity index (χ0n) is 12.1. The number of anilines is 2. The molecule has 0 radical (unpaired) electrons. The highest BCUT2D eigenvalue weighted by Gasteiger charge is 2.20. The van der Waals surface area contributed by atoms with Crippen molar-refractivity contribution in [2.75, 3.05) is 5.32 Å². The minimum Gasteiger partial charge on any atom is -0.338 e. The predicted molar refractivity (Wildman–Crippen MR) is 89.3 cm³/mol. The molecule has 0 bridgehead atoms. The van der Waals surface area contributed by atoms with Gasteiger partial charge in [-0.2, -0.15) is 0 Å². The van der Waals surface area contributed by atoms with Gasteiger partial charge in [-0.3, -0.25) is 18.7 Å². The van der Waals surface area contributed by atoms with Crippen LogP contribution < -0.4 is 16.6 Å². The van der Waals surface area contributed by atoms with Crippen molar-refractivity contribution in [1.82, 2.24) is 9.13 Å². The maximum atomic E-state index is 14.0. The van der Waals surface area contributed by atoms with Crippen molar-refractivity contribution in [2.24, 2.45) is 14.1 Å². The van der Waals surface area contributed by atoms with E-state index in [0.717, 1.165) is 9.13 Å². The molecule has 0 fully saturated rings. The summed E-state index contributed by atoms with van der Waals surface area (Å²) in [5.41, 5.74) is -1.44. The quantitative estimate of drug-likeness (QED) is 0.611. The van der Waals surface area contributed by atoms with E-state index in [1.54, 1.807) is 6.07 Å². The van der Waals surface area contributed by atoms with E-state index in [9.17, 15) is 18.8 Å². The second-order valence-corrected chi connectivity index (χ2v) is 5.98. The first-order chi connectivity index (χ1) is 10.2. The summed E-state index contributed by atoms with van der Waals surface area (Å²) in [6.07, 6.45) is 0. The van der Waals surface area contributed by atoms with Crippen LogP contribution in [0.2, 0.25) is 0 Å². The van der Waals surface area contributed by atoms with Gasteiger partial charge in [0.15, 0.2) is 5.78 Å². The zero-order chi connectivity index (χ0) is 16.6. The normalized spacial score (nSPS) is 10.6. The number of carbonyl (C=O) groups is 1. The van der Waals surface area contributed by atoms with Gasteiger partial charge in [-0.15, -0.1) is 0 Å². The second kappa shape index (κ2) is 6.03. The predicted octanol–water partition coefficient (Wildman–Crippen LogP) is 1.77. The lowest BCUT2D eigenvalue weighted by atomic mass is 10.2. The Morgan fingerprint density at radius 3 is 2.41 bits per heavy atom. The van der Waals surface area contributed by atoms with Gasteiger partial charge in [-0.05, 0) is 47.7 Å². The van der Waals surface area contributed by atoms with Crippen molar-refractivity contribution in [3.63, 3.8) is 0 Å². The lowest BCUT2D eigenvalue weighted by molar-refractivity contribution is 0.101. The Morgan fingerprint density at radius 2 is 1.86 bits per heavy atom. The fraction of sp³-hybridized carbons (Fsp3) is 0.214. The molecule has 0 atom stereocenters. The van der Waals surface area contributed by atoms with Gasteiger partial charge < -0.3 is 5.32 Å². The van der Waals surface area contributed by atoms with Crippen LogP contribution >= 0.6 is 22.6 Å². The zero-order valence-corrected chi connectivity index (χ0v) is 14.3. The molecule has 22 heavy (non-hydrogen) atoms. The van der Waals surface area contributed by atoms with E-state index in [0.29, 0.717) is 3.57 Å². The van der Waals surface area contributed by atoms with Crippen LogP contribution in [0.4, 0.5) is 15.9 Å². The third-order valence-corrected chi connectivity index (χ3v) is 3.87. The van der Waals surface area contributed by atoms with Crippen molar-refractivity contribution in [2.45, 2.75) is 6.92 Å². The van der Waals surface area contributed by atoms with Gasteiger partial charge in [0.05, 0.1) is 5.69 Å². The first-order valence-electron chi connectivity index (χ1n) is 6.27. The molecule has 2 rings (SSSR count). The fourth-order valence-electron chi connectivity index (χ4n) is 2.03. The van der Waals surface area contributed by atoms with E-state index in [2.05, 4.69) is 5.32 Å². The Hall–Kier alpha value is -1.97. The standard InChI is InChI=1S/C14H13FIN3O3/c1-7(20)11-12(18(2)14(22)19(3)13(11)21)17-10-5-4-8(16)6-9(10)15/h4-6,17H,1-3H3. The second-order valence-electron chi connectivity index (χ2n) is 4.73. The summed E-state index contributed by atoms with van der Waals surface area (Å²) in [6, 6.07) is 4.44. The molecule has 2 aromatic rings. The molecule has 1 aromatic carbocycles. The Bertz CT molecular complexity index is 886. The number of nitrogens with zero attached hydrogens (tertiary/aromatic N) is 2. The summed E-state index contributed by atoms with van der Waals surface area (Å²) in [5.74, 6) is -1.08. The van der Waals surface area contributed by atoms with Crippen LogP contribution in [-0.4, -0.2) is 14.9 Å². The molecular formula is C14H13FIN3O3. The summed E-state index contributed by atoms with van der Waals surface area (Å²) in [7, 11) is 2.69. The molecule has 116 valence electrons. The van der Waals surface area contributed by atoms with Crippen molar-refractivity contribution >= 4 is 39.9 Å². The highest BCUT2D eigenvalue weighted by molar-refractivity contribution is 14.1. The molecular weight excluding hydrogens is 404 g/mol. The van der Waals surface area contributed by atoms with E-state index in [1.807, 2.05) is 22.6 Å². The average Bonchev–Trinajstić information content (AvgIpc) is 2.44. The van der Waals surface area contributed by atoms with E-state index in [-0.39, 0.29) is 17.1 Å². The van der Waals surface area contributed by atoms with Crippen LogP contribution in [0.5, 0.6) is 0 Å². The Balaban J connectivity index is 2.72. The number of hydrogen-bond donors (Lipinski definition) is 1. The molecule has 0 saturated heterocycles. The largest absolute Gasteiger partial charge is 0.338 e. The van der Waals surface area contributed by atoms with Crippen molar-refractivity contribution in [3.8, 4) is 0 Å². The topological polar surface area (TPSA) is 73.1 Å². The SMILES string of the molecule is CC(=O)c1c(Nc2ccc(I)cc2F)n(C)c(=O)n(C)c1=O. The summed E-state index contributed by atoms with van der Waals surface area (Å²) < 4.78 is 16.6. The number of nitrogens with one attached hydrogen (secondary N) is 1. The maximum absolute atomic E-state index is 14.0. The monoisotopic (exact) mass is 417 g/mol. The first kappa shape index (κ1) is 16.4. The van der Waals surface area contributed by atoms with Gasteiger partial charge in [0.25, 0.3) is 5.56 Å². The van der Waals surface area contributed by atoms with Crippen LogP contribution in [0.15, 0.2) is 27.8 Å². The molecule has 0 aliphatic heterocycles. The van der Waals surface area contributed by atoms with Crippen LogP contribution in [0.1, 0.15) is 17.3 Å². The summed E-state index contributed by atoms with van der Waals surface area (Å²) in [6.45, 7) is 1.22. The van der Waals surface area contributed by atoms with E-state index in [4.69, 9.17) is 0 Å². The third-order valence-electron chi connectivity index (χ3n) is 3.20. The van der Waals surface area contributed by atoms with Crippen molar-refractivity contribution in [3.05, 3.63) is 54.0 Å². The van der Waals surface area contributed by atoms with Gasteiger partial charge in [0.1, 0.15) is 17.2 Å². The van der Waals surface area contributed by atoms with E-state index in [1.165, 1.54) is 33.2 Å². The molecule has 6 nitrogen and oxygen atoms in total. The molecule has 1 heterocycles. The number of ketones is 1. The Labute approximate surface area is 138 Å². The van der Waals surface area contributed by atoms with Gasteiger partial charge in [0.2, 0.25) is 0 Å². The number of rotatable bonds is 3. The Kier molecular flexibility index (Phi) is 4.50. The highest BCUT2D eigenvalue weighted by atomic mass is 127. The molecule has 0 unspecified atom stereocenters. The lowest BCUT2D eigenvalue weighted by Crippen LogP contribution is -2.41. The number of halogens is 2. The molecule has 0 aliphatic rings. The smallest absolute Gasteiger partial charge is 0.332 e. The van der Waals surface area contributed by atoms with Gasteiger partial charge in [-0.25, -0.2) is 9.18 Å². The van der Waals surface area contributed by atoms with E-state index >= 15 is 0 Å². The minimum absolute atomic E-state index is 0.0271. The van der Waals surface area contributed by atoms with Crippen LogP contribution in [-0.2, 0) is 14.1 Å². The molecule has 0 saturated carbocycles. The lowest BCUT2D eigenvalue weighted by Gasteiger charge is -2.16. The number of aromatic nitrogens is 2. The molecule has 0 aliphatic carbocycles. The highest BCUT2D eigenvalue weighted by Crippen LogP contribution is 2.22. The number of Topliss-reactive ketones (excluding diaryl/α,β-unsaturated/α-hetero) is 1. The van der Waals surface area contributed by atoms with Gasteiger partial charge in [-0.1, -0.05) is 0 Å². The van der Waals surface area contributed by atoms with E-state index < -0.39 is 22.8 Å². The number of hydrogen-bond acceptors (Lipinski definition) is 4. The fourth-order valence-corrected chi connectivity index (χ4v) is 2.48. The summed E-state index contributed by atoms with van der Waals surface area (Å²) in [4.78, 5) is 35.9. The maximum Gasteiger partial charge on any atom is 0.332 e. The summed E-state index contributed by atoms with van der Waals surface area (Å²) >= 11 is 1.96. The first-order valence-corrected chi connectivity index (χ1v) is 7.35. The minimum atomic E-state index is -0.719. The summed E-state index contributed by atoms with van der Waals surface area (Å²) in [5, 5.41) is 2.68. The average molecular weight is 417 g/mol. The molecule has 0 amide bonds. The van der Waals surface area contributed by atoms with Crippen LogP contribution in [0.25, 0.3) is 0 Å². The Morgan fingerprint density at radius 1 is 1.23 bits per heavy atom. The van der Waals surface area contributed by atoms with Crippen LogP contribution in [0, 0.1) is 9.39 Å². The molecule has 1 N–H and O–H groups in total.